The van der Waals surface area contributed by atoms with Gasteiger partial charge in [0.2, 0.25) is 5.89 Å². The zero-order valence-corrected chi connectivity index (χ0v) is 11.6. The Hall–Kier alpha value is -2.89. The lowest BCUT2D eigenvalue weighted by molar-refractivity contribution is 0.479. The van der Waals surface area contributed by atoms with E-state index in [1.807, 2.05) is 37.3 Å². The minimum atomic E-state index is 0.412. The van der Waals surface area contributed by atoms with Crippen LogP contribution in [-0.2, 0) is 6.54 Å². The average Bonchev–Trinajstić information content (AvgIpc) is 2.91. The first kappa shape index (κ1) is 13.1. The van der Waals surface area contributed by atoms with Gasteiger partial charge in [-0.3, -0.25) is 0 Å². The van der Waals surface area contributed by atoms with Crippen LogP contribution in [0, 0.1) is 6.92 Å². The summed E-state index contributed by atoms with van der Waals surface area (Å²) in [6.45, 7) is 2.30. The Kier molecular flexibility index (Phi) is 3.51. The van der Waals surface area contributed by atoms with Gasteiger partial charge >= 0.3 is 0 Å². The second kappa shape index (κ2) is 5.62. The van der Waals surface area contributed by atoms with Gasteiger partial charge in [-0.05, 0) is 6.92 Å². The Morgan fingerprint density at radius 2 is 2.00 bits per heavy atom. The van der Waals surface area contributed by atoms with E-state index in [1.165, 1.54) is 0 Å². The highest BCUT2D eigenvalue weighted by molar-refractivity contribution is 5.60. The molecule has 3 aromatic rings. The number of nitrogens with two attached hydrogens (primary N) is 1. The molecule has 0 fully saturated rings. The van der Waals surface area contributed by atoms with Gasteiger partial charge in [0.05, 0.1) is 12.7 Å². The summed E-state index contributed by atoms with van der Waals surface area (Å²) in [6.07, 6.45) is 1.68. The number of nitrogens with zero attached hydrogens (tertiary/aromatic N) is 3. The monoisotopic (exact) mass is 281 g/mol. The van der Waals surface area contributed by atoms with Crippen molar-refractivity contribution in [3.8, 4) is 11.4 Å². The minimum Gasteiger partial charge on any atom is -0.444 e. The molecule has 21 heavy (non-hydrogen) atoms. The quantitative estimate of drug-likeness (QED) is 0.764. The fourth-order valence-corrected chi connectivity index (χ4v) is 1.92. The Balaban J connectivity index is 1.81. The molecular formula is C15H15N5O. The maximum Gasteiger partial charge on any atom is 0.213 e. The number of aromatic nitrogens is 3. The fourth-order valence-electron chi connectivity index (χ4n) is 1.92. The molecule has 0 aliphatic heterocycles. The Morgan fingerprint density at radius 3 is 2.71 bits per heavy atom. The normalized spacial score (nSPS) is 10.5. The highest BCUT2D eigenvalue weighted by Crippen LogP contribution is 2.19. The van der Waals surface area contributed by atoms with E-state index >= 15 is 0 Å². The topological polar surface area (TPSA) is 89.9 Å². The van der Waals surface area contributed by atoms with Crippen LogP contribution in [0.15, 0.2) is 47.0 Å². The van der Waals surface area contributed by atoms with Gasteiger partial charge in [-0.25, -0.2) is 15.0 Å². The third-order valence-corrected chi connectivity index (χ3v) is 2.87. The molecule has 6 nitrogen and oxygen atoms in total. The standard InChI is InChI=1S/C15H15N5O/c1-10-8-18-14(21-10)9-17-13-7-12(16)19-15(20-13)11-5-3-2-4-6-11/h2-8H,9H2,1H3,(H3,16,17,19,20). The largest absolute Gasteiger partial charge is 0.444 e. The first-order valence-electron chi connectivity index (χ1n) is 6.56. The molecule has 0 radical (unpaired) electrons. The number of hydrogen-bond donors (Lipinski definition) is 2. The van der Waals surface area contributed by atoms with Crippen LogP contribution in [0.5, 0.6) is 0 Å². The molecule has 0 spiro atoms. The number of aryl methyl sites for hydroxylation is 1. The summed E-state index contributed by atoms with van der Waals surface area (Å²) in [6, 6.07) is 11.4. The highest BCUT2D eigenvalue weighted by atomic mass is 16.4. The van der Waals surface area contributed by atoms with Crippen molar-refractivity contribution in [3.63, 3.8) is 0 Å². The molecule has 1 aromatic carbocycles. The second-order valence-corrected chi connectivity index (χ2v) is 4.59. The predicted octanol–water partition coefficient (Wildman–Crippen LogP) is 2.63. The lowest BCUT2D eigenvalue weighted by Crippen LogP contribution is -2.05. The van der Waals surface area contributed by atoms with Crippen LogP contribution in [-0.4, -0.2) is 15.0 Å². The van der Waals surface area contributed by atoms with E-state index in [9.17, 15) is 0 Å². The average molecular weight is 281 g/mol. The van der Waals surface area contributed by atoms with Crippen LogP contribution in [0.1, 0.15) is 11.7 Å². The van der Waals surface area contributed by atoms with Gasteiger partial charge in [0.15, 0.2) is 5.82 Å². The van der Waals surface area contributed by atoms with Gasteiger partial charge in [0.1, 0.15) is 17.4 Å². The van der Waals surface area contributed by atoms with Crippen molar-refractivity contribution in [2.24, 2.45) is 0 Å². The molecule has 0 aliphatic rings. The lowest BCUT2D eigenvalue weighted by atomic mass is 10.2. The molecule has 0 saturated carbocycles. The van der Waals surface area contributed by atoms with E-state index in [2.05, 4.69) is 20.3 Å². The van der Waals surface area contributed by atoms with Crippen molar-refractivity contribution in [2.45, 2.75) is 13.5 Å². The summed E-state index contributed by atoms with van der Waals surface area (Å²) in [4.78, 5) is 12.8. The number of anilines is 2. The number of benzene rings is 1. The van der Waals surface area contributed by atoms with E-state index in [1.54, 1.807) is 12.3 Å². The first-order valence-corrected chi connectivity index (χ1v) is 6.56. The number of nitrogens with one attached hydrogen (secondary N) is 1. The maximum atomic E-state index is 5.84. The molecule has 6 heteroatoms. The SMILES string of the molecule is Cc1cnc(CNc2cc(N)nc(-c3ccccc3)n2)o1. The molecule has 0 unspecified atom stereocenters. The van der Waals surface area contributed by atoms with Crippen molar-refractivity contribution >= 4 is 11.6 Å². The molecular weight excluding hydrogens is 266 g/mol. The molecule has 2 aromatic heterocycles. The summed E-state index contributed by atoms with van der Waals surface area (Å²) in [7, 11) is 0. The third-order valence-electron chi connectivity index (χ3n) is 2.87. The second-order valence-electron chi connectivity index (χ2n) is 4.59. The number of nitrogen functional groups attached to an aromatic ring is 1. The van der Waals surface area contributed by atoms with Crippen LogP contribution >= 0.6 is 0 Å². The summed E-state index contributed by atoms with van der Waals surface area (Å²) < 4.78 is 5.40. The predicted molar refractivity (Wildman–Crippen MR) is 80.4 cm³/mol. The summed E-state index contributed by atoms with van der Waals surface area (Å²) in [5.74, 6) is 3.01. The maximum absolute atomic E-state index is 5.84. The molecule has 2 heterocycles. The Labute approximate surface area is 122 Å². The van der Waals surface area contributed by atoms with Crippen LogP contribution in [0.3, 0.4) is 0 Å². The van der Waals surface area contributed by atoms with Crippen LogP contribution in [0.25, 0.3) is 11.4 Å². The molecule has 0 saturated heterocycles. The van der Waals surface area contributed by atoms with E-state index in [4.69, 9.17) is 10.2 Å². The summed E-state index contributed by atoms with van der Waals surface area (Å²) in [5.41, 5.74) is 6.76. The zero-order valence-electron chi connectivity index (χ0n) is 11.6. The van der Waals surface area contributed by atoms with Crippen molar-refractivity contribution in [3.05, 3.63) is 54.2 Å². The van der Waals surface area contributed by atoms with Gasteiger partial charge in [-0.2, -0.15) is 0 Å². The number of oxazole rings is 1. The van der Waals surface area contributed by atoms with Gasteiger partial charge in [0.25, 0.3) is 0 Å². The molecule has 0 amide bonds. The number of hydrogen-bond acceptors (Lipinski definition) is 6. The van der Waals surface area contributed by atoms with E-state index in [0.29, 0.717) is 29.9 Å². The summed E-state index contributed by atoms with van der Waals surface area (Å²) in [5, 5.41) is 3.14. The smallest absolute Gasteiger partial charge is 0.213 e. The molecule has 0 atom stereocenters. The van der Waals surface area contributed by atoms with Crippen molar-refractivity contribution < 1.29 is 4.42 Å². The van der Waals surface area contributed by atoms with Gasteiger partial charge in [-0.1, -0.05) is 30.3 Å². The molecule has 3 N–H and O–H groups in total. The van der Waals surface area contributed by atoms with Gasteiger partial charge in [0, 0.05) is 11.6 Å². The van der Waals surface area contributed by atoms with Crippen molar-refractivity contribution in [1.29, 1.82) is 0 Å². The van der Waals surface area contributed by atoms with E-state index < -0.39 is 0 Å². The minimum absolute atomic E-state index is 0.412. The van der Waals surface area contributed by atoms with Gasteiger partial charge < -0.3 is 15.5 Å². The van der Waals surface area contributed by atoms with Crippen LogP contribution < -0.4 is 11.1 Å². The van der Waals surface area contributed by atoms with Crippen molar-refractivity contribution in [2.75, 3.05) is 11.1 Å². The van der Waals surface area contributed by atoms with E-state index in [0.717, 1.165) is 11.3 Å². The molecule has 0 bridgehead atoms. The highest BCUT2D eigenvalue weighted by Gasteiger charge is 2.06. The zero-order chi connectivity index (χ0) is 14.7. The third kappa shape index (κ3) is 3.17. The van der Waals surface area contributed by atoms with Gasteiger partial charge in [-0.15, -0.1) is 0 Å². The van der Waals surface area contributed by atoms with Crippen LogP contribution in [0.4, 0.5) is 11.6 Å². The molecule has 106 valence electrons. The molecule has 3 rings (SSSR count). The first-order chi connectivity index (χ1) is 10.2. The van der Waals surface area contributed by atoms with Crippen molar-refractivity contribution in [1.82, 2.24) is 15.0 Å². The Morgan fingerprint density at radius 1 is 1.19 bits per heavy atom. The lowest BCUT2D eigenvalue weighted by Gasteiger charge is -2.07. The molecule has 0 aliphatic carbocycles. The van der Waals surface area contributed by atoms with Crippen LogP contribution in [0.2, 0.25) is 0 Å². The Bertz CT molecular complexity index is 739. The number of rotatable bonds is 4. The summed E-state index contributed by atoms with van der Waals surface area (Å²) >= 11 is 0. The van der Waals surface area contributed by atoms with E-state index in [-0.39, 0.29) is 0 Å². The fraction of sp³-hybridized carbons (Fsp3) is 0.133.